The summed E-state index contributed by atoms with van der Waals surface area (Å²) < 4.78 is 0. The van der Waals surface area contributed by atoms with Gasteiger partial charge in [-0.1, -0.05) is 26.7 Å². The van der Waals surface area contributed by atoms with Gasteiger partial charge in [0.15, 0.2) is 0 Å². The van der Waals surface area contributed by atoms with Crippen molar-refractivity contribution >= 4 is 5.91 Å². The van der Waals surface area contributed by atoms with E-state index in [1.165, 1.54) is 6.42 Å². The van der Waals surface area contributed by atoms with Crippen LogP contribution in [0.25, 0.3) is 0 Å². The maximum Gasteiger partial charge on any atom is 0.227 e. The van der Waals surface area contributed by atoms with Gasteiger partial charge in [-0.05, 0) is 39.3 Å². The van der Waals surface area contributed by atoms with Crippen molar-refractivity contribution in [1.82, 2.24) is 9.80 Å². The van der Waals surface area contributed by atoms with E-state index in [1.807, 2.05) is 0 Å². The van der Waals surface area contributed by atoms with E-state index in [0.717, 1.165) is 51.9 Å². The average molecular weight is 281 g/mol. The van der Waals surface area contributed by atoms with E-state index in [2.05, 4.69) is 30.6 Å². The fourth-order valence-electron chi connectivity index (χ4n) is 3.96. The molecule has 0 spiro atoms. The van der Waals surface area contributed by atoms with Crippen molar-refractivity contribution in [3.63, 3.8) is 0 Å². The number of hydrogen-bond acceptors (Lipinski definition) is 3. The zero-order chi connectivity index (χ0) is 14.8. The number of carbonyl (C=O) groups is 1. The second kappa shape index (κ2) is 6.44. The van der Waals surface area contributed by atoms with Crippen LogP contribution in [-0.2, 0) is 4.79 Å². The van der Waals surface area contributed by atoms with Gasteiger partial charge in [0.25, 0.3) is 0 Å². The SMILES string of the molecule is CCN(CC)C1CCN(C(=O)C2CCCCC2(C)N)C1. The molecular formula is C16H31N3O. The molecule has 0 aromatic carbocycles. The lowest BCUT2D eigenvalue weighted by atomic mass is 9.74. The number of nitrogens with zero attached hydrogens (tertiary/aromatic N) is 2. The van der Waals surface area contributed by atoms with E-state index in [4.69, 9.17) is 5.73 Å². The number of likely N-dealkylation sites (N-methyl/N-ethyl adjacent to an activating group) is 1. The fourth-order valence-corrected chi connectivity index (χ4v) is 3.96. The minimum Gasteiger partial charge on any atom is -0.341 e. The molecule has 1 aliphatic heterocycles. The highest BCUT2D eigenvalue weighted by Gasteiger charge is 2.41. The van der Waals surface area contributed by atoms with Gasteiger partial charge in [0.1, 0.15) is 0 Å². The largest absolute Gasteiger partial charge is 0.341 e. The Balaban J connectivity index is 1.97. The van der Waals surface area contributed by atoms with Crippen LogP contribution in [-0.4, -0.2) is 53.5 Å². The van der Waals surface area contributed by atoms with Crippen LogP contribution < -0.4 is 5.73 Å². The standard InChI is InChI=1S/C16H31N3O/c1-4-18(5-2)13-9-11-19(12-13)15(20)14-8-6-7-10-16(14,3)17/h13-14H,4-12,17H2,1-3H3. The molecular weight excluding hydrogens is 250 g/mol. The molecule has 20 heavy (non-hydrogen) atoms. The van der Waals surface area contributed by atoms with E-state index in [-0.39, 0.29) is 11.5 Å². The molecule has 2 aliphatic rings. The van der Waals surface area contributed by atoms with E-state index in [0.29, 0.717) is 11.9 Å². The van der Waals surface area contributed by atoms with Crippen LogP contribution in [0.4, 0.5) is 0 Å². The van der Waals surface area contributed by atoms with Gasteiger partial charge in [-0.2, -0.15) is 0 Å². The maximum absolute atomic E-state index is 12.8. The Morgan fingerprint density at radius 1 is 1.30 bits per heavy atom. The summed E-state index contributed by atoms with van der Waals surface area (Å²) in [4.78, 5) is 17.3. The molecule has 1 heterocycles. The van der Waals surface area contributed by atoms with Crippen LogP contribution in [0.3, 0.4) is 0 Å². The first-order valence-corrected chi connectivity index (χ1v) is 8.31. The van der Waals surface area contributed by atoms with E-state index >= 15 is 0 Å². The molecule has 2 fully saturated rings. The lowest BCUT2D eigenvalue weighted by Gasteiger charge is -2.39. The Hall–Kier alpha value is -0.610. The van der Waals surface area contributed by atoms with E-state index in [1.54, 1.807) is 0 Å². The minimum atomic E-state index is -0.303. The molecule has 1 amide bonds. The summed E-state index contributed by atoms with van der Waals surface area (Å²) in [7, 11) is 0. The fraction of sp³-hybridized carbons (Fsp3) is 0.938. The Kier molecular flexibility index (Phi) is 5.08. The quantitative estimate of drug-likeness (QED) is 0.855. The summed E-state index contributed by atoms with van der Waals surface area (Å²) in [5.74, 6) is 0.344. The van der Waals surface area contributed by atoms with Gasteiger partial charge in [0, 0.05) is 24.7 Å². The first kappa shape index (κ1) is 15.8. The molecule has 4 heteroatoms. The van der Waals surface area contributed by atoms with Crippen LogP contribution in [0.5, 0.6) is 0 Å². The average Bonchev–Trinajstić information content (AvgIpc) is 2.89. The Bertz CT molecular complexity index is 339. The summed E-state index contributed by atoms with van der Waals surface area (Å²) in [5.41, 5.74) is 6.08. The summed E-state index contributed by atoms with van der Waals surface area (Å²) in [6.45, 7) is 10.4. The summed E-state index contributed by atoms with van der Waals surface area (Å²) in [6.07, 6.45) is 5.38. The van der Waals surface area contributed by atoms with Crippen molar-refractivity contribution in [3.05, 3.63) is 0 Å². The highest BCUT2D eigenvalue weighted by Crippen LogP contribution is 2.33. The summed E-state index contributed by atoms with van der Waals surface area (Å²) in [5, 5.41) is 0. The molecule has 3 atom stereocenters. The molecule has 1 aliphatic carbocycles. The monoisotopic (exact) mass is 281 g/mol. The van der Waals surface area contributed by atoms with Crippen molar-refractivity contribution in [2.24, 2.45) is 11.7 Å². The van der Waals surface area contributed by atoms with Gasteiger partial charge >= 0.3 is 0 Å². The topological polar surface area (TPSA) is 49.6 Å². The van der Waals surface area contributed by atoms with Gasteiger partial charge in [-0.25, -0.2) is 0 Å². The molecule has 0 bridgehead atoms. The second-order valence-electron chi connectivity index (χ2n) is 6.75. The molecule has 2 rings (SSSR count). The second-order valence-corrected chi connectivity index (χ2v) is 6.75. The molecule has 4 nitrogen and oxygen atoms in total. The molecule has 0 radical (unpaired) electrons. The van der Waals surface area contributed by atoms with Crippen LogP contribution >= 0.6 is 0 Å². The first-order valence-electron chi connectivity index (χ1n) is 8.31. The van der Waals surface area contributed by atoms with E-state index in [9.17, 15) is 4.79 Å². The smallest absolute Gasteiger partial charge is 0.227 e. The first-order chi connectivity index (χ1) is 9.49. The molecule has 0 aromatic rings. The molecule has 1 saturated carbocycles. The molecule has 3 unspecified atom stereocenters. The highest BCUT2D eigenvalue weighted by atomic mass is 16.2. The highest BCUT2D eigenvalue weighted by molar-refractivity contribution is 5.80. The van der Waals surface area contributed by atoms with Crippen molar-refractivity contribution in [1.29, 1.82) is 0 Å². The zero-order valence-electron chi connectivity index (χ0n) is 13.4. The molecule has 116 valence electrons. The Labute approximate surface area is 123 Å². The zero-order valence-corrected chi connectivity index (χ0v) is 13.4. The van der Waals surface area contributed by atoms with Gasteiger partial charge in [0.05, 0.1) is 5.92 Å². The lowest BCUT2D eigenvalue weighted by molar-refractivity contribution is -0.138. The van der Waals surface area contributed by atoms with E-state index < -0.39 is 0 Å². The van der Waals surface area contributed by atoms with Crippen molar-refractivity contribution < 1.29 is 4.79 Å². The van der Waals surface area contributed by atoms with Gasteiger partial charge < -0.3 is 10.6 Å². The van der Waals surface area contributed by atoms with Crippen molar-refractivity contribution in [2.45, 2.75) is 64.5 Å². The third-order valence-corrected chi connectivity index (χ3v) is 5.36. The molecule has 0 aromatic heterocycles. The maximum atomic E-state index is 12.8. The van der Waals surface area contributed by atoms with Crippen LogP contribution in [0, 0.1) is 5.92 Å². The number of likely N-dealkylation sites (tertiary alicyclic amines) is 1. The minimum absolute atomic E-state index is 0.0340. The van der Waals surface area contributed by atoms with Gasteiger partial charge in [-0.3, -0.25) is 9.69 Å². The van der Waals surface area contributed by atoms with Crippen molar-refractivity contribution in [2.75, 3.05) is 26.2 Å². The Morgan fingerprint density at radius 3 is 2.60 bits per heavy atom. The number of nitrogens with two attached hydrogens (primary N) is 1. The predicted molar refractivity (Wildman–Crippen MR) is 82.5 cm³/mol. The van der Waals surface area contributed by atoms with Crippen molar-refractivity contribution in [3.8, 4) is 0 Å². The predicted octanol–water partition coefficient (Wildman–Crippen LogP) is 1.84. The molecule has 2 N–H and O–H groups in total. The number of hydrogen-bond donors (Lipinski definition) is 1. The molecule has 1 saturated heterocycles. The Morgan fingerprint density at radius 2 is 2.00 bits per heavy atom. The van der Waals surface area contributed by atoms with Crippen LogP contribution in [0.15, 0.2) is 0 Å². The lowest BCUT2D eigenvalue weighted by Crippen LogP contribution is -2.53. The summed E-state index contributed by atoms with van der Waals surface area (Å²) >= 11 is 0. The third-order valence-electron chi connectivity index (χ3n) is 5.36. The normalized spacial score (nSPS) is 34.8. The third kappa shape index (κ3) is 3.17. The number of carbonyl (C=O) groups excluding carboxylic acids is 1. The number of amides is 1. The van der Waals surface area contributed by atoms with Crippen LogP contribution in [0.2, 0.25) is 0 Å². The van der Waals surface area contributed by atoms with Crippen LogP contribution in [0.1, 0.15) is 52.9 Å². The van der Waals surface area contributed by atoms with Gasteiger partial charge in [-0.15, -0.1) is 0 Å². The summed E-state index contributed by atoms with van der Waals surface area (Å²) in [6, 6.07) is 0.543. The number of rotatable bonds is 4. The van der Waals surface area contributed by atoms with Gasteiger partial charge in [0.2, 0.25) is 5.91 Å².